The van der Waals surface area contributed by atoms with Crippen LogP contribution in [0.2, 0.25) is 0 Å². The molecular formula is C24H21N3O3. The Morgan fingerprint density at radius 3 is 2.47 bits per heavy atom. The first-order chi connectivity index (χ1) is 14.5. The van der Waals surface area contributed by atoms with Gasteiger partial charge in [-0.2, -0.15) is 0 Å². The summed E-state index contributed by atoms with van der Waals surface area (Å²) < 4.78 is 6.74. The van der Waals surface area contributed by atoms with Gasteiger partial charge in [-0.1, -0.05) is 30.3 Å². The minimum atomic E-state index is -0.193. The highest BCUT2D eigenvalue weighted by atomic mass is 16.5. The van der Waals surface area contributed by atoms with Crippen LogP contribution in [0.25, 0.3) is 16.6 Å². The SMILES string of the molecule is COc1ccc(-n2c(C)nc3ccc(NC(=O)Cc4ccccc4)cc3c2=O)cc1. The van der Waals surface area contributed by atoms with Gasteiger partial charge in [0.1, 0.15) is 11.6 Å². The van der Waals surface area contributed by atoms with Crippen molar-refractivity contribution in [2.75, 3.05) is 12.4 Å². The number of methoxy groups -OCH3 is 1. The predicted molar refractivity (Wildman–Crippen MR) is 117 cm³/mol. The Hall–Kier alpha value is -3.93. The third-order valence-corrected chi connectivity index (χ3v) is 4.86. The number of aryl methyl sites for hydroxylation is 1. The highest BCUT2D eigenvalue weighted by molar-refractivity contribution is 5.94. The molecule has 0 radical (unpaired) electrons. The fourth-order valence-corrected chi connectivity index (χ4v) is 3.40. The second-order valence-corrected chi connectivity index (χ2v) is 6.94. The maximum Gasteiger partial charge on any atom is 0.266 e. The highest BCUT2D eigenvalue weighted by Crippen LogP contribution is 2.19. The van der Waals surface area contributed by atoms with Crippen molar-refractivity contribution >= 4 is 22.5 Å². The smallest absolute Gasteiger partial charge is 0.266 e. The van der Waals surface area contributed by atoms with Gasteiger partial charge >= 0.3 is 0 Å². The first-order valence-electron chi connectivity index (χ1n) is 9.57. The third-order valence-electron chi connectivity index (χ3n) is 4.86. The molecule has 0 saturated carbocycles. The lowest BCUT2D eigenvalue weighted by atomic mass is 10.1. The van der Waals surface area contributed by atoms with Crippen LogP contribution < -0.4 is 15.6 Å². The van der Waals surface area contributed by atoms with Crippen LogP contribution in [-0.2, 0) is 11.2 Å². The van der Waals surface area contributed by atoms with Crippen LogP contribution in [0.1, 0.15) is 11.4 Å². The summed E-state index contributed by atoms with van der Waals surface area (Å²) >= 11 is 0. The molecule has 150 valence electrons. The number of aromatic nitrogens is 2. The van der Waals surface area contributed by atoms with Crippen LogP contribution in [0.15, 0.2) is 77.6 Å². The monoisotopic (exact) mass is 399 g/mol. The van der Waals surface area contributed by atoms with E-state index in [0.29, 0.717) is 33.9 Å². The van der Waals surface area contributed by atoms with Crippen molar-refractivity contribution in [1.29, 1.82) is 0 Å². The number of benzene rings is 3. The van der Waals surface area contributed by atoms with Crippen LogP contribution in [-0.4, -0.2) is 22.6 Å². The average Bonchev–Trinajstić information content (AvgIpc) is 2.75. The molecule has 0 saturated heterocycles. The van der Waals surface area contributed by atoms with E-state index < -0.39 is 0 Å². The number of carbonyl (C=O) groups excluding carboxylic acids is 1. The second-order valence-electron chi connectivity index (χ2n) is 6.94. The number of anilines is 1. The van der Waals surface area contributed by atoms with Gasteiger partial charge < -0.3 is 10.1 Å². The molecule has 0 aliphatic rings. The zero-order valence-corrected chi connectivity index (χ0v) is 16.8. The summed E-state index contributed by atoms with van der Waals surface area (Å²) in [5, 5.41) is 3.31. The first kappa shape index (κ1) is 19.4. The average molecular weight is 399 g/mol. The fourth-order valence-electron chi connectivity index (χ4n) is 3.40. The van der Waals surface area contributed by atoms with Crippen molar-refractivity contribution in [3.63, 3.8) is 0 Å². The van der Waals surface area contributed by atoms with Gasteiger partial charge in [0.15, 0.2) is 0 Å². The van der Waals surface area contributed by atoms with E-state index in [4.69, 9.17) is 4.74 Å². The Kier molecular flexibility index (Phi) is 5.30. The molecule has 0 aliphatic heterocycles. The van der Waals surface area contributed by atoms with Crippen LogP contribution in [0.5, 0.6) is 5.75 Å². The molecule has 6 heteroatoms. The summed E-state index contributed by atoms with van der Waals surface area (Å²) in [7, 11) is 1.59. The molecular weight excluding hydrogens is 378 g/mol. The van der Waals surface area contributed by atoms with E-state index in [0.717, 1.165) is 5.56 Å². The maximum absolute atomic E-state index is 13.2. The molecule has 1 N–H and O–H groups in total. The Balaban J connectivity index is 1.67. The van der Waals surface area contributed by atoms with Gasteiger partial charge in [-0.15, -0.1) is 0 Å². The van der Waals surface area contributed by atoms with E-state index in [1.807, 2.05) is 42.5 Å². The molecule has 0 spiro atoms. The summed E-state index contributed by atoms with van der Waals surface area (Å²) in [6, 6.07) is 21.9. The fraction of sp³-hybridized carbons (Fsp3) is 0.125. The zero-order chi connectivity index (χ0) is 21.1. The molecule has 1 aromatic heterocycles. The van der Waals surface area contributed by atoms with Crippen molar-refractivity contribution in [2.45, 2.75) is 13.3 Å². The summed E-state index contributed by atoms with van der Waals surface area (Å²) in [5.74, 6) is 1.15. The molecule has 0 fully saturated rings. The molecule has 1 heterocycles. The molecule has 6 nitrogen and oxygen atoms in total. The van der Waals surface area contributed by atoms with Crippen LogP contribution in [0, 0.1) is 6.92 Å². The van der Waals surface area contributed by atoms with Gasteiger partial charge in [0, 0.05) is 5.69 Å². The molecule has 0 bridgehead atoms. The lowest BCUT2D eigenvalue weighted by molar-refractivity contribution is -0.115. The second kappa shape index (κ2) is 8.21. The summed E-state index contributed by atoms with van der Waals surface area (Å²) in [4.78, 5) is 30.2. The molecule has 0 unspecified atom stereocenters. The topological polar surface area (TPSA) is 73.2 Å². The van der Waals surface area contributed by atoms with Gasteiger partial charge in [0.25, 0.3) is 5.56 Å². The molecule has 0 aliphatic carbocycles. The van der Waals surface area contributed by atoms with Crippen LogP contribution in [0.4, 0.5) is 5.69 Å². The van der Waals surface area contributed by atoms with Gasteiger partial charge in [-0.05, 0) is 55.0 Å². The Morgan fingerprint density at radius 1 is 1.03 bits per heavy atom. The normalized spacial score (nSPS) is 10.7. The Labute approximate surface area is 173 Å². The van der Waals surface area contributed by atoms with Crippen molar-refractivity contribution in [3.05, 3.63) is 94.5 Å². The number of rotatable bonds is 5. The van der Waals surface area contributed by atoms with Crippen molar-refractivity contribution < 1.29 is 9.53 Å². The molecule has 30 heavy (non-hydrogen) atoms. The minimum absolute atomic E-state index is 0.142. The largest absolute Gasteiger partial charge is 0.497 e. The number of hydrogen-bond donors (Lipinski definition) is 1. The lowest BCUT2D eigenvalue weighted by Gasteiger charge is -2.12. The van der Waals surface area contributed by atoms with E-state index in [1.54, 1.807) is 48.9 Å². The van der Waals surface area contributed by atoms with Gasteiger partial charge in [0.2, 0.25) is 5.91 Å². The third kappa shape index (κ3) is 3.93. The van der Waals surface area contributed by atoms with Crippen molar-refractivity contribution in [1.82, 2.24) is 9.55 Å². The van der Waals surface area contributed by atoms with Crippen LogP contribution >= 0.6 is 0 Å². The number of carbonyl (C=O) groups is 1. The molecule has 0 atom stereocenters. The van der Waals surface area contributed by atoms with E-state index in [-0.39, 0.29) is 17.9 Å². The van der Waals surface area contributed by atoms with Crippen LogP contribution in [0.3, 0.4) is 0 Å². The van der Waals surface area contributed by atoms with E-state index in [2.05, 4.69) is 10.3 Å². The quantitative estimate of drug-likeness (QED) is 0.553. The van der Waals surface area contributed by atoms with Crippen molar-refractivity contribution in [3.8, 4) is 11.4 Å². The minimum Gasteiger partial charge on any atom is -0.497 e. The molecule has 1 amide bonds. The zero-order valence-electron chi connectivity index (χ0n) is 16.8. The Morgan fingerprint density at radius 2 is 1.77 bits per heavy atom. The van der Waals surface area contributed by atoms with Gasteiger partial charge in [-0.25, -0.2) is 4.98 Å². The van der Waals surface area contributed by atoms with Crippen molar-refractivity contribution in [2.24, 2.45) is 0 Å². The van der Waals surface area contributed by atoms with E-state index in [9.17, 15) is 9.59 Å². The van der Waals surface area contributed by atoms with E-state index in [1.165, 1.54) is 0 Å². The number of hydrogen-bond acceptors (Lipinski definition) is 4. The Bertz CT molecular complexity index is 1260. The van der Waals surface area contributed by atoms with Gasteiger partial charge in [0.05, 0.1) is 30.1 Å². The molecule has 3 aromatic carbocycles. The molecule has 4 aromatic rings. The predicted octanol–water partition coefficient (Wildman–Crippen LogP) is 3.88. The van der Waals surface area contributed by atoms with E-state index >= 15 is 0 Å². The number of nitrogens with zero attached hydrogens (tertiary/aromatic N) is 2. The molecule has 4 rings (SSSR count). The van der Waals surface area contributed by atoms with Gasteiger partial charge in [-0.3, -0.25) is 14.2 Å². The first-order valence-corrected chi connectivity index (χ1v) is 9.57. The lowest BCUT2D eigenvalue weighted by Crippen LogP contribution is -2.22. The maximum atomic E-state index is 13.2. The number of ether oxygens (including phenoxy) is 1. The summed E-state index contributed by atoms with van der Waals surface area (Å²) in [6.07, 6.45) is 0.265. The number of nitrogens with one attached hydrogen (secondary N) is 1. The highest BCUT2D eigenvalue weighted by Gasteiger charge is 2.12. The number of amides is 1. The summed E-state index contributed by atoms with van der Waals surface area (Å²) in [6.45, 7) is 1.79. The summed E-state index contributed by atoms with van der Waals surface area (Å²) in [5.41, 5.74) is 2.58. The standard InChI is InChI=1S/C24H21N3O3/c1-16-25-22-13-8-18(26-23(28)14-17-6-4-3-5-7-17)15-21(22)24(29)27(16)19-9-11-20(30-2)12-10-19/h3-13,15H,14H2,1-2H3,(H,26,28). The number of fused-ring (bicyclic) bond motifs is 1.